The number of aromatic amines is 1. The molecule has 0 aromatic carbocycles. The van der Waals surface area contributed by atoms with Crippen molar-refractivity contribution >= 4 is 11.2 Å². The molecule has 0 bridgehead atoms. The Labute approximate surface area is 91.9 Å². The summed E-state index contributed by atoms with van der Waals surface area (Å²) in [6.45, 7) is 0.849. The minimum Gasteiger partial charge on any atom is -0.406 e. The van der Waals surface area contributed by atoms with Crippen molar-refractivity contribution < 1.29 is 4.42 Å². The summed E-state index contributed by atoms with van der Waals surface area (Å²) in [5.74, 6) is 5.45. The van der Waals surface area contributed by atoms with Crippen LogP contribution in [0.25, 0.3) is 11.2 Å². The zero-order valence-corrected chi connectivity index (χ0v) is 8.83. The highest BCUT2D eigenvalue weighted by Crippen LogP contribution is 2.07. The number of nitrogens with zero attached hydrogens (tertiary/aromatic N) is 1. The molecule has 0 unspecified atom stereocenters. The van der Waals surface area contributed by atoms with Gasteiger partial charge in [-0.25, -0.2) is 9.78 Å². The molecule has 16 heavy (non-hydrogen) atoms. The molecule has 2 aromatic heterocycles. The molecule has 2 heterocycles. The van der Waals surface area contributed by atoms with Crippen LogP contribution < -0.4 is 11.1 Å². The fourth-order valence-electron chi connectivity index (χ4n) is 1.26. The smallest absolute Gasteiger partial charge is 0.406 e. The number of oxazole rings is 1. The Balaban J connectivity index is 2.24. The molecule has 5 heteroatoms. The lowest BCUT2D eigenvalue weighted by Crippen LogP contribution is -2.05. The van der Waals surface area contributed by atoms with Gasteiger partial charge in [0.2, 0.25) is 0 Å². The lowest BCUT2D eigenvalue weighted by Gasteiger charge is -1.90. The number of pyridine rings is 1. The van der Waals surface area contributed by atoms with E-state index in [1.165, 1.54) is 0 Å². The zero-order valence-electron chi connectivity index (χ0n) is 8.83. The first-order valence-electron chi connectivity index (χ1n) is 4.92. The Bertz CT molecular complexity index is 601. The van der Waals surface area contributed by atoms with Crippen LogP contribution in [0.1, 0.15) is 12.0 Å². The van der Waals surface area contributed by atoms with Crippen LogP contribution in [0.5, 0.6) is 0 Å². The van der Waals surface area contributed by atoms with Gasteiger partial charge >= 0.3 is 5.76 Å². The predicted molar refractivity (Wildman–Crippen MR) is 60.1 cm³/mol. The highest BCUT2D eigenvalue weighted by atomic mass is 16.4. The standard InChI is InChI=1S/C11H11N3O2/c1-12-5-3-2-4-8-6-9-10(13-7-8)14-11(15)16-9/h6-7,12H,3,5H2,1H3,(H,13,14,15). The quantitative estimate of drug-likeness (QED) is 0.567. The fourth-order valence-corrected chi connectivity index (χ4v) is 1.26. The van der Waals surface area contributed by atoms with E-state index in [1.807, 2.05) is 7.05 Å². The van der Waals surface area contributed by atoms with Crippen LogP contribution in [0.15, 0.2) is 21.5 Å². The molecule has 0 saturated heterocycles. The molecule has 2 aromatic rings. The van der Waals surface area contributed by atoms with Crippen molar-refractivity contribution in [3.63, 3.8) is 0 Å². The number of fused-ring (bicyclic) bond motifs is 1. The maximum Gasteiger partial charge on any atom is 0.418 e. The summed E-state index contributed by atoms with van der Waals surface area (Å²) in [5.41, 5.74) is 1.63. The number of H-pyrrole nitrogens is 1. The second-order valence-electron chi connectivity index (χ2n) is 3.24. The van der Waals surface area contributed by atoms with Crippen molar-refractivity contribution in [3.05, 3.63) is 28.4 Å². The molecule has 0 spiro atoms. The van der Waals surface area contributed by atoms with Crippen molar-refractivity contribution in [2.75, 3.05) is 13.6 Å². The third-order valence-electron chi connectivity index (χ3n) is 2.01. The van der Waals surface area contributed by atoms with Crippen LogP contribution >= 0.6 is 0 Å². The third kappa shape index (κ3) is 2.30. The molecular formula is C11H11N3O2. The summed E-state index contributed by atoms with van der Waals surface area (Å²) in [6, 6.07) is 1.70. The summed E-state index contributed by atoms with van der Waals surface area (Å²) >= 11 is 0. The molecule has 0 fully saturated rings. The summed E-state index contributed by atoms with van der Waals surface area (Å²) in [5, 5.41) is 3.00. The van der Waals surface area contributed by atoms with E-state index in [0.29, 0.717) is 11.2 Å². The summed E-state index contributed by atoms with van der Waals surface area (Å²) < 4.78 is 4.88. The van der Waals surface area contributed by atoms with Crippen LogP contribution in [0.4, 0.5) is 0 Å². The van der Waals surface area contributed by atoms with Gasteiger partial charge < -0.3 is 9.73 Å². The van der Waals surface area contributed by atoms with Gasteiger partial charge in [-0.3, -0.25) is 4.98 Å². The molecule has 0 radical (unpaired) electrons. The number of rotatable bonds is 2. The van der Waals surface area contributed by atoms with Gasteiger partial charge in [-0.1, -0.05) is 11.8 Å². The van der Waals surface area contributed by atoms with Crippen molar-refractivity contribution in [1.82, 2.24) is 15.3 Å². The molecule has 0 atom stereocenters. The SMILES string of the molecule is CNCCC#Cc1cnc2[nH]c(=O)oc2c1. The van der Waals surface area contributed by atoms with Gasteiger partial charge in [-0.15, -0.1) is 0 Å². The molecule has 2 N–H and O–H groups in total. The second kappa shape index (κ2) is 4.64. The Morgan fingerprint density at radius 2 is 2.50 bits per heavy atom. The minimum atomic E-state index is -0.497. The highest BCUT2D eigenvalue weighted by molar-refractivity contribution is 5.68. The second-order valence-corrected chi connectivity index (χ2v) is 3.24. The van der Waals surface area contributed by atoms with Gasteiger partial charge in [0.25, 0.3) is 0 Å². The van der Waals surface area contributed by atoms with Crippen LogP contribution in [-0.4, -0.2) is 23.6 Å². The van der Waals surface area contributed by atoms with E-state index in [1.54, 1.807) is 12.3 Å². The monoisotopic (exact) mass is 217 g/mol. The average Bonchev–Trinajstić information content (AvgIpc) is 2.64. The van der Waals surface area contributed by atoms with Gasteiger partial charge in [0.05, 0.1) is 0 Å². The predicted octanol–water partition coefficient (Wildman–Crippen LogP) is 0.477. The van der Waals surface area contributed by atoms with Gasteiger partial charge in [-0.2, -0.15) is 0 Å². The van der Waals surface area contributed by atoms with E-state index in [2.05, 4.69) is 27.1 Å². The maximum atomic E-state index is 10.9. The van der Waals surface area contributed by atoms with Gasteiger partial charge in [0.15, 0.2) is 11.2 Å². The molecule has 82 valence electrons. The highest BCUT2D eigenvalue weighted by Gasteiger charge is 2.01. The van der Waals surface area contributed by atoms with Crippen LogP contribution in [0, 0.1) is 11.8 Å². The Hall–Kier alpha value is -2.06. The molecular weight excluding hydrogens is 206 g/mol. The first-order chi connectivity index (χ1) is 7.79. The van der Waals surface area contributed by atoms with E-state index >= 15 is 0 Å². The molecule has 0 aliphatic heterocycles. The van der Waals surface area contributed by atoms with Crippen molar-refractivity contribution in [1.29, 1.82) is 0 Å². The first-order valence-corrected chi connectivity index (χ1v) is 4.92. The molecule has 0 saturated carbocycles. The lowest BCUT2D eigenvalue weighted by atomic mass is 10.2. The van der Waals surface area contributed by atoms with Crippen LogP contribution in [0.3, 0.4) is 0 Å². The number of nitrogens with one attached hydrogen (secondary N) is 2. The molecule has 0 amide bonds. The van der Waals surface area contributed by atoms with E-state index in [-0.39, 0.29) is 0 Å². The third-order valence-corrected chi connectivity index (χ3v) is 2.01. The van der Waals surface area contributed by atoms with E-state index in [4.69, 9.17) is 4.42 Å². The van der Waals surface area contributed by atoms with E-state index in [9.17, 15) is 4.79 Å². The number of aromatic nitrogens is 2. The van der Waals surface area contributed by atoms with Crippen LogP contribution in [-0.2, 0) is 0 Å². The Kier molecular flexibility index (Phi) is 3.03. The van der Waals surface area contributed by atoms with E-state index < -0.39 is 5.76 Å². The maximum absolute atomic E-state index is 10.9. The minimum absolute atomic E-state index is 0.436. The molecule has 2 rings (SSSR count). The normalized spacial score (nSPS) is 10.1. The largest absolute Gasteiger partial charge is 0.418 e. The molecule has 5 nitrogen and oxygen atoms in total. The fraction of sp³-hybridized carbons (Fsp3) is 0.273. The van der Waals surface area contributed by atoms with Gasteiger partial charge in [0.1, 0.15) is 0 Å². The average molecular weight is 217 g/mol. The van der Waals surface area contributed by atoms with Crippen molar-refractivity contribution in [3.8, 4) is 11.8 Å². The molecule has 0 aliphatic rings. The van der Waals surface area contributed by atoms with Crippen LogP contribution in [0.2, 0.25) is 0 Å². The number of hydrogen-bond donors (Lipinski definition) is 2. The molecule has 0 aliphatic carbocycles. The van der Waals surface area contributed by atoms with E-state index in [0.717, 1.165) is 18.5 Å². The first kappa shape index (κ1) is 10.5. The van der Waals surface area contributed by atoms with Gasteiger partial charge in [0, 0.05) is 30.8 Å². The van der Waals surface area contributed by atoms with Crippen molar-refractivity contribution in [2.24, 2.45) is 0 Å². The Morgan fingerprint density at radius 3 is 3.31 bits per heavy atom. The van der Waals surface area contributed by atoms with Gasteiger partial charge in [-0.05, 0) is 7.05 Å². The lowest BCUT2D eigenvalue weighted by molar-refractivity contribution is 0.555. The summed E-state index contributed by atoms with van der Waals surface area (Å²) in [6.07, 6.45) is 2.38. The zero-order chi connectivity index (χ0) is 11.4. The van der Waals surface area contributed by atoms with Crippen molar-refractivity contribution in [2.45, 2.75) is 6.42 Å². The summed E-state index contributed by atoms with van der Waals surface area (Å²) in [4.78, 5) is 17.4. The number of hydrogen-bond acceptors (Lipinski definition) is 4. The topological polar surface area (TPSA) is 70.9 Å². The summed E-state index contributed by atoms with van der Waals surface area (Å²) in [7, 11) is 1.88. The Morgan fingerprint density at radius 1 is 1.62 bits per heavy atom.